The Morgan fingerprint density at radius 3 is 2.96 bits per heavy atom. The normalized spacial score (nSPS) is 25.6. The van der Waals surface area contributed by atoms with Crippen molar-refractivity contribution in [2.75, 3.05) is 6.61 Å². The maximum atomic E-state index is 6.07. The Labute approximate surface area is 136 Å². The molecule has 2 aromatic rings. The quantitative estimate of drug-likeness (QED) is 0.874. The van der Waals surface area contributed by atoms with Crippen molar-refractivity contribution in [3.63, 3.8) is 0 Å². The lowest BCUT2D eigenvalue weighted by Gasteiger charge is -2.19. The zero-order valence-electron chi connectivity index (χ0n) is 13.6. The number of hydrogen-bond acceptors (Lipinski definition) is 4. The molecule has 6 nitrogen and oxygen atoms in total. The Balaban J connectivity index is 1.56. The molecule has 1 fully saturated rings. The third kappa shape index (κ3) is 3.17. The van der Waals surface area contributed by atoms with E-state index in [1.807, 2.05) is 18.7 Å². The zero-order chi connectivity index (χ0) is 15.5. The summed E-state index contributed by atoms with van der Waals surface area (Å²) >= 11 is 0. The van der Waals surface area contributed by atoms with Gasteiger partial charge in [0.25, 0.3) is 0 Å². The monoisotopic (exact) mass is 315 g/mol. The van der Waals surface area contributed by atoms with Crippen LogP contribution in [-0.2, 0) is 24.2 Å². The average molecular weight is 315 g/mol. The Morgan fingerprint density at radius 2 is 2.04 bits per heavy atom. The Bertz CT molecular complexity index is 621. The minimum absolute atomic E-state index is 0.0689. The van der Waals surface area contributed by atoms with Gasteiger partial charge >= 0.3 is 0 Å². The van der Waals surface area contributed by atoms with Crippen LogP contribution >= 0.6 is 0 Å². The summed E-state index contributed by atoms with van der Waals surface area (Å²) < 4.78 is 10.6. The summed E-state index contributed by atoms with van der Waals surface area (Å²) in [4.78, 5) is 4.14. The van der Waals surface area contributed by atoms with E-state index in [4.69, 9.17) is 4.74 Å². The van der Waals surface area contributed by atoms with E-state index < -0.39 is 0 Å². The topological polar surface area (TPSA) is 57.8 Å². The van der Waals surface area contributed by atoms with E-state index in [0.717, 1.165) is 44.2 Å². The molecule has 23 heavy (non-hydrogen) atoms. The number of aryl methyl sites for hydroxylation is 1. The van der Waals surface area contributed by atoms with Gasteiger partial charge in [-0.3, -0.25) is 0 Å². The molecule has 0 aromatic carbocycles. The molecule has 2 aliphatic heterocycles. The lowest BCUT2D eigenvalue weighted by atomic mass is 10.0. The number of fused-ring (bicyclic) bond motifs is 1. The lowest BCUT2D eigenvalue weighted by Crippen LogP contribution is -2.19. The molecule has 1 saturated heterocycles. The molecule has 0 bridgehead atoms. The second-order valence-electron chi connectivity index (χ2n) is 6.74. The van der Waals surface area contributed by atoms with Crippen molar-refractivity contribution >= 4 is 0 Å². The van der Waals surface area contributed by atoms with Gasteiger partial charge in [0.1, 0.15) is 11.9 Å². The van der Waals surface area contributed by atoms with Gasteiger partial charge in [-0.25, -0.2) is 4.98 Å². The SMILES string of the molecule is c1cn(C[C@@H]2CCO[C@@H]2c2nnc3n2CCCCCCC3)cn1. The highest BCUT2D eigenvalue weighted by atomic mass is 16.5. The van der Waals surface area contributed by atoms with Gasteiger partial charge in [0.2, 0.25) is 0 Å². The zero-order valence-corrected chi connectivity index (χ0v) is 13.6. The van der Waals surface area contributed by atoms with Crippen molar-refractivity contribution in [3.8, 4) is 0 Å². The van der Waals surface area contributed by atoms with Crippen LogP contribution in [-0.4, -0.2) is 30.9 Å². The van der Waals surface area contributed by atoms with Gasteiger partial charge in [-0.2, -0.15) is 0 Å². The molecule has 0 unspecified atom stereocenters. The fourth-order valence-electron chi connectivity index (χ4n) is 3.84. The van der Waals surface area contributed by atoms with Crippen molar-refractivity contribution in [3.05, 3.63) is 30.4 Å². The van der Waals surface area contributed by atoms with E-state index in [1.54, 1.807) is 0 Å². The van der Waals surface area contributed by atoms with Gasteiger partial charge in [0, 0.05) is 44.4 Å². The molecule has 0 N–H and O–H groups in total. The molecule has 0 aliphatic carbocycles. The Kier molecular flexibility index (Phi) is 4.41. The fourth-order valence-corrected chi connectivity index (χ4v) is 3.84. The highest BCUT2D eigenvalue weighted by molar-refractivity contribution is 5.03. The first-order chi connectivity index (χ1) is 11.4. The predicted octanol–water partition coefficient (Wildman–Crippen LogP) is 2.76. The number of rotatable bonds is 3. The fraction of sp³-hybridized carbons (Fsp3) is 0.706. The van der Waals surface area contributed by atoms with Crippen LogP contribution in [0.5, 0.6) is 0 Å². The Morgan fingerprint density at radius 1 is 1.13 bits per heavy atom. The summed E-state index contributed by atoms with van der Waals surface area (Å²) in [6.45, 7) is 2.79. The maximum absolute atomic E-state index is 6.07. The third-order valence-electron chi connectivity index (χ3n) is 5.11. The minimum Gasteiger partial charge on any atom is -0.370 e. The molecular weight excluding hydrogens is 290 g/mol. The van der Waals surface area contributed by atoms with Crippen LogP contribution in [0.1, 0.15) is 56.3 Å². The molecule has 2 aliphatic rings. The smallest absolute Gasteiger partial charge is 0.162 e. The van der Waals surface area contributed by atoms with E-state index in [9.17, 15) is 0 Å². The second kappa shape index (κ2) is 6.83. The van der Waals surface area contributed by atoms with Crippen LogP contribution in [0.2, 0.25) is 0 Å². The lowest BCUT2D eigenvalue weighted by molar-refractivity contribution is 0.0758. The second-order valence-corrected chi connectivity index (χ2v) is 6.74. The highest BCUT2D eigenvalue weighted by Gasteiger charge is 2.34. The third-order valence-corrected chi connectivity index (χ3v) is 5.11. The summed E-state index contributed by atoms with van der Waals surface area (Å²) in [5.41, 5.74) is 0. The summed E-state index contributed by atoms with van der Waals surface area (Å²) in [6, 6.07) is 0. The predicted molar refractivity (Wildman–Crippen MR) is 85.8 cm³/mol. The first-order valence-corrected chi connectivity index (χ1v) is 8.91. The van der Waals surface area contributed by atoms with Gasteiger partial charge in [0.15, 0.2) is 5.82 Å². The van der Waals surface area contributed by atoms with E-state index in [2.05, 4.69) is 24.3 Å². The first kappa shape index (κ1) is 14.9. The molecule has 0 radical (unpaired) electrons. The van der Waals surface area contributed by atoms with Crippen molar-refractivity contribution in [2.24, 2.45) is 5.92 Å². The molecule has 124 valence electrons. The van der Waals surface area contributed by atoms with E-state index in [-0.39, 0.29) is 6.10 Å². The average Bonchev–Trinajstić information content (AvgIpc) is 3.27. The van der Waals surface area contributed by atoms with Crippen LogP contribution in [0.25, 0.3) is 0 Å². The van der Waals surface area contributed by atoms with Crippen LogP contribution in [0.15, 0.2) is 18.7 Å². The summed E-state index contributed by atoms with van der Waals surface area (Å²) in [7, 11) is 0. The van der Waals surface area contributed by atoms with Crippen LogP contribution < -0.4 is 0 Å². The molecule has 4 heterocycles. The molecule has 0 amide bonds. The number of nitrogens with zero attached hydrogens (tertiary/aromatic N) is 5. The molecule has 2 atom stereocenters. The first-order valence-electron chi connectivity index (χ1n) is 8.91. The molecule has 4 rings (SSSR count). The van der Waals surface area contributed by atoms with E-state index in [0.29, 0.717) is 5.92 Å². The molecule has 2 aromatic heterocycles. The minimum atomic E-state index is 0.0689. The van der Waals surface area contributed by atoms with Gasteiger partial charge in [-0.05, 0) is 19.3 Å². The van der Waals surface area contributed by atoms with Gasteiger partial charge < -0.3 is 13.9 Å². The number of aromatic nitrogens is 5. The van der Waals surface area contributed by atoms with Crippen LogP contribution in [0, 0.1) is 5.92 Å². The highest BCUT2D eigenvalue weighted by Crippen LogP contribution is 2.35. The number of imidazole rings is 1. The van der Waals surface area contributed by atoms with E-state index in [1.165, 1.54) is 32.1 Å². The summed E-state index contributed by atoms with van der Waals surface area (Å²) in [6.07, 6.45) is 14.3. The summed E-state index contributed by atoms with van der Waals surface area (Å²) in [5.74, 6) is 2.65. The van der Waals surface area contributed by atoms with Crippen molar-refractivity contribution < 1.29 is 4.74 Å². The molecular formula is C17H25N5O. The van der Waals surface area contributed by atoms with Gasteiger partial charge in [0.05, 0.1) is 6.33 Å². The van der Waals surface area contributed by atoms with Gasteiger partial charge in [-0.1, -0.05) is 19.3 Å². The van der Waals surface area contributed by atoms with Crippen LogP contribution in [0.3, 0.4) is 0 Å². The molecule has 6 heteroatoms. The molecule has 0 spiro atoms. The van der Waals surface area contributed by atoms with E-state index >= 15 is 0 Å². The number of hydrogen-bond donors (Lipinski definition) is 0. The summed E-state index contributed by atoms with van der Waals surface area (Å²) in [5, 5.41) is 9.03. The van der Waals surface area contributed by atoms with Crippen LogP contribution in [0.4, 0.5) is 0 Å². The van der Waals surface area contributed by atoms with Crippen molar-refractivity contribution in [1.82, 2.24) is 24.3 Å². The van der Waals surface area contributed by atoms with Gasteiger partial charge in [-0.15, -0.1) is 10.2 Å². The van der Waals surface area contributed by atoms with Crippen molar-refractivity contribution in [1.29, 1.82) is 0 Å². The van der Waals surface area contributed by atoms with Crippen molar-refractivity contribution in [2.45, 2.75) is 64.1 Å². The maximum Gasteiger partial charge on any atom is 0.162 e. The standard InChI is InChI=1S/C17H25N5O/c1-2-4-6-15-19-20-17(22(15)9-5-3-1)16-14(7-11-23-16)12-21-10-8-18-13-21/h8,10,13-14,16H,1-7,9,11-12H2/t14-,16-/m0/s1. The number of ether oxygens (including phenoxy) is 1. The largest absolute Gasteiger partial charge is 0.370 e. The Hall–Kier alpha value is -1.69. The molecule has 0 saturated carbocycles.